The Morgan fingerprint density at radius 3 is 2.40 bits per heavy atom. The van der Waals surface area contributed by atoms with Crippen molar-refractivity contribution in [2.45, 2.75) is 65.7 Å². The monoisotopic (exact) mass is 276 g/mol. The van der Waals surface area contributed by atoms with Crippen molar-refractivity contribution in [2.75, 3.05) is 6.61 Å². The molecule has 2 nitrogen and oxygen atoms in total. The Labute approximate surface area is 123 Å². The van der Waals surface area contributed by atoms with E-state index in [0.29, 0.717) is 13.0 Å². The first-order valence-electron chi connectivity index (χ1n) is 7.70. The van der Waals surface area contributed by atoms with Crippen molar-refractivity contribution in [1.29, 1.82) is 0 Å². The SMILES string of the molecule is CCCCC(=O)c1cc(C(C)(C)C)ccc1OCCC. The number of hydrogen-bond donors (Lipinski definition) is 0. The zero-order valence-corrected chi connectivity index (χ0v) is 13.6. The quantitative estimate of drug-likeness (QED) is 0.644. The lowest BCUT2D eigenvalue weighted by molar-refractivity contribution is 0.0975. The molecule has 0 radical (unpaired) electrons. The van der Waals surface area contributed by atoms with E-state index in [4.69, 9.17) is 4.74 Å². The topological polar surface area (TPSA) is 26.3 Å². The lowest BCUT2D eigenvalue weighted by Gasteiger charge is -2.21. The van der Waals surface area contributed by atoms with Crippen LogP contribution >= 0.6 is 0 Å². The van der Waals surface area contributed by atoms with Gasteiger partial charge in [-0.25, -0.2) is 0 Å². The van der Waals surface area contributed by atoms with Crippen LogP contribution in [0, 0.1) is 0 Å². The van der Waals surface area contributed by atoms with Crippen molar-refractivity contribution in [3.8, 4) is 5.75 Å². The van der Waals surface area contributed by atoms with E-state index in [1.807, 2.05) is 12.1 Å². The van der Waals surface area contributed by atoms with Gasteiger partial charge in [0.1, 0.15) is 5.75 Å². The van der Waals surface area contributed by atoms with Crippen molar-refractivity contribution < 1.29 is 9.53 Å². The highest BCUT2D eigenvalue weighted by Gasteiger charge is 2.19. The van der Waals surface area contributed by atoms with Gasteiger partial charge in [-0.2, -0.15) is 0 Å². The van der Waals surface area contributed by atoms with E-state index in [9.17, 15) is 4.79 Å². The molecular formula is C18H28O2. The maximum atomic E-state index is 12.4. The number of Topliss-reactive ketones (excluding diaryl/α,β-unsaturated/α-hetero) is 1. The van der Waals surface area contributed by atoms with Crippen LogP contribution in [0.15, 0.2) is 18.2 Å². The number of carbonyl (C=O) groups excluding carboxylic acids is 1. The van der Waals surface area contributed by atoms with Crippen molar-refractivity contribution >= 4 is 5.78 Å². The van der Waals surface area contributed by atoms with Gasteiger partial charge in [-0.3, -0.25) is 4.79 Å². The van der Waals surface area contributed by atoms with Crippen LogP contribution < -0.4 is 4.74 Å². The summed E-state index contributed by atoms with van der Waals surface area (Å²) >= 11 is 0. The molecule has 2 heteroatoms. The molecule has 0 spiro atoms. The third kappa shape index (κ3) is 4.66. The van der Waals surface area contributed by atoms with Crippen LogP contribution in [-0.4, -0.2) is 12.4 Å². The van der Waals surface area contributed by atoms with Crippen LogP contribution in [0.2, 0.25) is 0 Å². The molecule has 0 bridgehead atoms. The molecule has 1 aromatic carbocycles. The highest BCUT2D eigenvalue weighted by Crippen LogP contribution is 2.29. The third-order valence-corrected chi connectivity index (χ3v) is 3.37. The molecule has 1 rings (SSSR count). The number of unbranched alkanes of at least 4 members (excludes halogenated alkanes) is 1. The van der Waals surface area contributed by atoms with E-state index >= 15 is 0 Å². The summed E-state index contributed by atoms with van der Waals surface area (Å²) in [6.07, 6.45) is 3.53. The molecule has 112 valence electrons. The van der Waals surface area contributed by atoms with Crippen LogP contribution in [0.25, 0.3) is 0 Å². The summed E-state index contributed by atoms with van der Waals surface area (Å²) in [5.74, 6) is 0.935. The molecule has 0 saturated carbocycles. The summed E-state index contributed by atoms with van der Waals surface area (Å²) in [4.78, 5) is 12.4. The predicted octanol–water partition coefficient (Wildman–Crippen LogP) is 5.15. The molecule has 20 heavy (non-hydrogen) atoms. The van der Waals surface area contributed by atoms with Crippen LogP contribution in [0.1, 0.15) is 76.2 Å². The molecule has 0 aliphatic heterocycles. The fraction of sp³-hybridized carbons (Fsp3) is 0.611. The minimum Gasteiger partial charge on any atom is -0.493 e. The van der Waals surface area contributed by atoms with Crippen LogP contribution in [-0.2, 0) is 5.41 Å². The first-order valence-corrected chi connectivity index (χ1v) is 7.70. The van der Waals surface area contributed by atoms with Gasteiger partial charge in [0.2, 0.25) is 0 Å². The molecule has 0 aliphatic carbocycles. The van der Waals surface area contributed by atoms with Crippen molar-refractivity contribution in [3.63, 3.8) is 0 Å². The van der Waals surface area contributed by atoms with Crippen molar-refractivity contribution in [2.24, 2.45) is 0 Å². The lowest BCUT2D eigenvalue weighted by Crippen LogP contribution is -2.13. The molecule has 0 fully saturated rings. The summed E-state index contributed by atoms with van der Waals surface area (Å²) in [7, 11) is 0. The molecule has 0 saturated heterocycles. The highest BCUT2D eigenvalue weighted by atomic mass is 16.5. The molecule has 0 atom stereocenters. The number of ether oxygens (including phenoxy) is 1. The molecular weight excluding hydrogens is 248 g/mol. The fourth-order valence-corrected chi connectivity index (χ4v) is 2.02. The Kier molecular flexibility index (Phi) is 6.25. The summed E-state index contributed by atoms with van der Waals surface area (Å²) in [5, 5.41) is 0. The van der Waals surface area contributed by atoms with Crippen LogP contribution in [0.5, 0.6) is 5.75 Å². The Hall–Kier alpha value is -1.31. The third-order valence-electron chi connectivity index (χ3n) is 3.37. The number of hydrogen-bond acceptors (Lipinski definition) is 2. The summed E-state index contributed by atoms with van der Waals surface area (Å²) < 4.78 is 5.73. The first kappa shape index (κ1) is 16.7. The van der Waals surface area contributed by atoms with Gasteiger partial charge in [-0.1, -0.05) is 47.1 Å². The number of ketones is 1. The number of rotatable bonds is 7. The summed E-state index contributed by atoms with van der Waals surface area (Å²) in [6.45, 7) is 11.3. The Bertz CT molecular complexity index is 441. The average Bonchev–Trinajstić information content (AvgIpc) is 2.41. The van der Waals surface area contributed by atoms with Gasteiger partial charge in [-0.05, 0) is 36.0 Å². The zero-order valence-electron chi connectivity index (χ0n) is 13.6. The second-order valence-electron chi connectivity index (χ2n) is 6.34. The van der Waals surface area contributed by atoms with Gasteiger partial charge in [0.05, 0.1) is 12.2 Å². The maximum Gasteiger partial charge on any atom is 0.166 e. The number of carbonyl (C=O) groups is 1. The van der Waals surface area contributed by atoms with E-state index in [1.54, 1.807) is 0 Å². The van der Waals surface area contributed by atoms with Gasteiger partial charge >= 0.3 is 0 Å². The van der Waals surface area contributed by atoms with Crippen LogP contribution in [0.3, 0.4) is 0 Å². The van der Waals surface area contributed by atoms with E-state index < -0.39 is 0 Å². The molecule has 0 amide bonds. The van der Waals surface area contributed by atoms with Gasteiger partial charge < -0.3 is 4.74 Å². The Morgan fingerprint density at radius 1 is 1.15 bits per heavy atom. The highest BCUT2D eigenvalue weighted by molar-refractivity contribution is 5.98. The van der Waals surface area contributed by atoms with Gasteiger partial charge in [-0.15, -0.1) is 0 Å². The summed E-state index contributed by atoms with van der Waals surface area (Å²) in [6, 6.07) is 6.04. The van der Waals surface area contributed by atoms with E-state index in [-0.39, 0.29) is 11.2 Å². The molecule has 0 aromatic heterocycles. The lowest BCUT2D eigenvalue weighted by atomic mass is 9.85. The smallest absolute Gasteiger partial charge is 0.166 e. The zero-order chi connectivity index (χ0) is 15.2. The predicted molar refractivity (Wildman–Crippen MR) is 84.8 cm³/mol. The first-order chi connectivity index (χ1) is 9.40. The normalized spacial score (nSPS) is 11.4. The van der Waals surface area contributed by atoms with E-state index in [2.05, 4.69) is 40.7 Å². The molecule has 0 heterocycles. The van der Waals surface area contributed by atoms with Crippen molar-refractivity contribution in [3.05, 3.63) is 29.3 Å². The second kappa shape index (κ2) is 7.47. The standard InChI is InChI=1S/C18H28O2/c1-6-8-9-16(19)15-13-14(18(3,4)5)10-11-17(15)20-12-7-2/h10-11,13H,6-9,12H2,1-5H3. The van der Waals surface area contributed by atoms with Crippen LogP contribution in [0.4, 0.5) is 0 Å². The summed E-state index contributed by atoms with van der Waals surface area (Å²) in [5.41, 5.74) is 1.98. The van der Waals surface area contributed by atoms with E-state index in [0.717, 1.165) is 30.6 Å². The number of benzene rings is 1. The maximum absolute atomic E-state index is 12.4. The molecule has 0 N–H and O–H groups in total. The van der Waals surface area contributed by atoms with Crippen molar-refractivity contribution in [1.82, 2.24) is 0 Å². The van der Waals surface area contributed by atoms with Gasteiger partial charge in [0.25, 0.3) is 0 Å². The molecule has 0 aliphatic rings. The largest absolute Gasteiger partial charge is 0.493 e. The minimum atomic E-state index is 0.0447. The Balaban J connectivity index is 3.08. The molecule has 0 unspecified atom stereocenters. The van der Waals surface area contributed by atoms with Gasteiger partial charge in [0, 0.05) is 6.42 Å². The van der Waals surface area contributed by atoms with Gasteiger partial charge in [0.15, 0.2) is 5.78 Å². The average molecular weight is 276 g/mol. The minimum absolute atomic E-state index is 0.0447. The van der Waals surface area contributed by atoms with E-state index in [1.165, 1.54) is 5.56 Å². The molecule has 1 aromatic rings. The Morgan fingerprint density at radius 2 is 1.85 bits per heavy atom. The second-order valence-corrected chi connectivity index (χ2v) is 6.34. The fourth-order valence-electron chi connectivity index (χ4n) is 2.02.